The third kappa shape index (κ3) is 1.18. The first-order valence-electron chi connectivity index (χ1n) is 5.55. The fourth-order valence-corrected chi connectivity index (χ4v) is 2.54. The lowest BCUT2D eigenvalue weighted by molar-refractivity contribution is -0.147. The maximum atomic E-state index is 5.88. The molecule has 0 spiro atoms. The minimum absolute atomic E-state index is 0.0314. The summed E-state index contributed by atoms with van der Waals surface area (Å²) in [7, 11) is 0. The molecule has 0 aliphatic carbocycles. The van der Waals surface area contributed by atoms with Gasteiger partial charge in [0.1, 0.15) is 18.3 Å². The van der Waals surface area contributed by atoms with Crippen molar-refractivity contribution in [2.75, 3.05) is 6.61 Å². The fourth-order valence-electron chi connectivity index (χ4n) is 2.54. The second-order valence-corrected chi connectivity index (χ2v) is 4.32. The molecular formula is C12H12O4. The molecule has 4 rings (SSSR count). The van der Waals surface area contributed by atoms with Gasteiger partial charge in [0, 0.05) is 5.56 Å². The van der Waals surface area contributed by atoms with E-state index in [1.165, 1.54) is 0 Å². The maximum Gasteiger partial charge on any atom is 0.187 e. The predicted octanol–water partition coefficient (Wildman–Crippen LogP) is 1.22. The van der Waals surface area contributed by atoms with E-state index in [-0.39, 0.29) is 30.9 Å². The average Bonchev–Trinajstić information content (AvgIpc) is 3.02. The normalized spacial score (nSPS) is 44.9. The molecule has 3 saturated heterocycles. The Morgan fingerprint density at radius 3 is 2.56 bits per heavy atom. The van der Waals surface area contributed by atoms with Crippen LogP contribution in [0.5, 0.6) is 0 Å². The predicted molar refractivity (Wildman–Crippen MR) is 53.5 cm³/mol. The zero-order valence-electron chi connectivity index (χ0n) is 8.61. The SMILES string of the molecule is c1ccc([C@@H]2O[C@@H]3[C@@H](O2)[C@@H]2OC[C@@H]3O2)cc1. The minimum atomic E-state index is -0.271. The molecule has 3 heterocycles. The number of hydrogen-bond acceptors (Lipinski definition) is 4. The molecule has 5 atom stereocenters. The molecule has 4 heteroatoms. The van der Waals surface area contributed by atoms with Crippen LogP contribution in [0.2, 0.25) is 0 Å². The Bertz CT molecular complexity index is 375. The van der Waals surface area contributed by atoms with E-state index in [4.69, 9.17) is 18.9 Å². The molecule has 1 aromatic rings. The van der Waals surface area contributed by atoms with E-state index in [9.17, 15) is 0 Å². The molecule has 3 fully saturated rings. The molecule has 3 aliphatic heterocycles. The summed E-state index contributed by atoms with van der Waals surface area (Å²) in [6.07, 6.45) is -0.493. The van der Waals surface area contributed by atoms with Gasteiger partial charge in [0.2, 0.25) is 0 Å². The Hall–Kier alpha value is -0.940. The molecule has 1 aromatic carbocycles. The van der Waals surface area contributed by atoms with Crippen LogP contribution in [0.4, 0.5) is 0 Å². The Kier molecular flexibility index (Phi) is 1.87. The first-order chi connectivity index (χ1) is 7.92. The lowest BCUT2D eigenvalue weighted by atomic mass is 10.1. The average molecular weight is 220 g/mol. The van der Waals surface area contributed by atoms with Gasteiger partial charge in [0.05, 0.1) is 6.61 Å². The first kappa shape index (κ1) is 9.13. The van der Waals surface area contributed by atoms with Crippen LogP contribution in [-0.4, -0.2) is 31.2 Å². The van der Waals surface area contributed by atoms with Gasteiger partial charge >= 0.3 is 0 Å². The Labute approximate surface area is 93.1 Å². The van der Waals surface area contributed by atoms with Gasteiger partial charge in [-0.1, -0.05) is 30.3 Å². The molecule has 2 bridgehead atoms. The van der Waals surface area contributed by atoms with Gasteiger partial charge in [-0.2, -0.15) is 0 Å². The maximum absolute atomic E-state index is 5.88. The Balaban J connectivity index is 1.59. The van der Waals surface area contributed by atoms with Gasteiger partial charge in [-0.15, -0.1) is 0 Å². The van der Waals surface area contributed by atoms with Crippen LogP contribution in [0.25, 0.3) is 0 Å². The van der Waals surface area contributed by atoms with Crippen molar-refractivity contribution < 1.29 is 18.9 Å². The number of ether oxygens (including phenoxy) is 4. The highest BCUT2D eigenvalue weighted by Gasteiger charge is 2.57. The van der Waals surface area contributed by atoms with E-state index in [0.29, 0.717) is 6.61 Å². The summed E-state index contributed by atoms with van der Waals surface area (Å²) in [5, 5.41) is 0. The molecule has 3 aliphatic rings. The van der Waals surface area contributed by atoms with Gasteiger partial charge < -0.3 is 18.9 Å². The molecule has 4 nitrogen and oxygen atoms in total. The lowest BCUT2D eigenvalue weighted by Crippen LogP contribution is -2.37. The number of fused-ring (bicyclic) bond motifs is 5. The van der Waals surface area contributed by atoms with E-state index in [0.717, 1.165) is 5.56 Å². The van der Waals surface area contributed by atoms with Gasteiger partial charge in [-0.25, -0.2) is 0 Å². The van der Waals surface area contributed by atoms with Crippen molar-refractivity contribution in [2.45, 2.75) is 30.9 Å². The molecule has 16 heavy (non-hydrogen) atoms. The minimum Gasteiger partial charge on any atom is -0.347 e. The summed E-state index contributed by atoms with van der Waals surface area (Å²) in [6, 6.07) is 9.97. The monoisotopic (exact) mass is 220 g/mol. The van der Waals surface area contributed by atoms with Crippen molar-refractivity contribution in [3.63, 3.8) is 0 Å². The molecule has 0 N–H and O–H groups in total. The molecule has 0 aromatic heterocycles. The summed E-state index contributed by atoms with van der Waals surface area (Å²) in [5.74, 6) is 0. The highest BCUT2D eigenvalue weighted by Crippen LogP contribution is 2.43. The second kappa shape index (κ2) is 3.28. The summed E-state index contributed by atoms with van der Waals surface area (Å²) < 4.78 is 22.7. The highest BCUT2D eigenvalue weighted by atomic mass is 16.8. The molecule has 0 saturated carbocycles. The highest BCUT2D eigenvalue weighted by molar-refractivity contribution is 5.17. The van der Waals surface area contributed by atoms with E-state index in [1.807, 2.05) is 30.3 Å². The van der Waals surface area contributed by atoms with Crippen molar-refractivity contribution in [3.8, 4) is 0 Å². The zero-order chi connectivity index (χ0) is 10.5. The largest absolute Gasteiger partial charge is 0.347 e. The van der Waals surface area contributed by atoms with Crippen LogP contribution >= 0.6 is 0 Å². The number of hydrogen-bond donors (Lipinski definition) is 0. The van der Waals surface area contributed by atoms with Crippen molar-refractivity contribution >= 4 is 0 Å². The summed E-state index contributed by atoms with van der Waals surface area (Å²) in [6.45, 7) is 0.622. The molecule has 0 radical (unpaired) electrons. The molecular weight excluding hydrogens is 208 g/mol. The van der Waals surface area contributed by atoms with Gasteiger partial charge in [0.15, 0.2) is 12.6 Å². The van der Waals surface area contributed by atoms with Crippen molar-refractivity contribution in [2.24, 2.45) is 0 Å². The van der Waals surface area contributed by atoms with E-state index in [1.54, 1.807) is 0 Å². The smallest absolute Gasteiger partial charge is 0.187 e. The van der Waals surface area contributed by atoms with Crippen LogP contribution in [-0.2, 0) is 18.9 Å². The summed E-state index contributed by atoms with van der Waals surface area (Å²) in [5.41, 5.74) is 1.05. The molecule has 84 valence electrons. The van der Waals surface area contributed by atoms with Crippen LogP contribution in [0, 0.1) is 0 Å². The second-order valence-electron chi connectivity index (χ2n) is 4.32. The molecule has 0 unspecified atom stereocenters. The number of rotatable bonds is 1. The van der Waals surface area contributed by atoms with Crippen molar-refractivity contribution in [1.82, 2.24) is 0 Å². The number of benzene rings is 1. The lowest BCUT2D eigenvalue weighted by Gasteiger charge is -2.17. The third-order valence-corrected chi connectivity index (χ3v) is 3.33. The summed E-state index contributed by atoms with van der Waals surface area (Å²) in [4.78, 5) is 0. The topological polar surface area (TPSA) is 36.9 Å². The molecule has 0 amide bonds. The van der Waals surface area contributed by atoms with Crippen LogP contribution in [0.15, 0.2) is 30.3 Å². The van der Waals surface area contributed by atoms with Crippen molar-refractivity contribution in [3.05, 3.63) is 35.9 Å². The van der Waals surface area contributed by atoms with Gasteiger partial charge in [0.25, 0.3) is 0 Å². The van der Waals surface area contributed by atoms with Crippen LogP contribution < -0.4 is 0 Å². The van der Waals surface area contributed by atoms with E-state index < -0.39 is 0 Å². The van der Waals surface area contributed by atoms with Crippen LogP contribution in [0.3, 0.4) is 0 Å². The quantitative estimate of drug-likeness (QED) is 0.713. The van der Waals surface area contributed by atoms with Crippen molar-refractivity contribution in [1.29, 1.82) is 0 Å². The fraction of sp³-hybridized carbons (Fsp3) is 0.500. The zero-order valence-corrected chi connectivity index (χ0v) is 8.61. The Morgan fingerprint density at radius 1 is 0.938 bits per heavy atom. The van der Waals surface area contributed by atoms with Crippen LogP contribution in [0.1, 0.15) is 11.9 Å². The summed E-state index contributed by atoms with van der Waals surface area (Å²) >= 11 is 0. The van der Waals surface area contributed by atoms with Gasteiger partial charge in [-0.3, -0.25) is 0 Å². The van der Waals surface area contributed by atoms with E-state index >= 15 is 0 Å². The first-order valence-corrected chi connectivity index (χ1v) is 5.55. The van der Waals surface area contributed by atoms with E-state index in [2.05, 4.69) is 0 Å². The standard InChI is InChI=1S/C12H12O4/c1-2-4-7(5-3-1)11-15-9-8-6-13-12(14-8)10(9)16-11/h1-5,8-12H,6H2/t8-,9-,10+,11+,12+/m0/s1. The van der Waals surface area contributed by atoms with Gasteiger partial charge in [-0.05, 0) is 0 Å². The Morgan fingerprint density at radius 2 is 1.75 bits per heavy atom. The third-order valence-electron chi connectivity index (χ3n) is 3.33.